The molecule has 2 rings (SSSR count). The van der Waals surface area contributed by atoms with Crippen LogP contribution in [0.3, 0.4) is 0 Å². The molecule has 0 spiro atoms. The minimum Gasteiger partial charge on any atom is -0.381 e. The highest BCUT2D eigenvalue weighted by Crippen LogP contribution is 2.30. The minimum absolute atomic E-state index is 0.0213. The summed E-state index contributed by atoms with van der Waals surface area (Å²) in [7, 11) is 1.94. The summed E-state index contributed by atoms with van der Waals surface area (Å²) in [5, 5.41) is 7.16. The molecule has 136 valence electrons. The Hall–Kier alpha value is -1.47. The first-order valence-electron chi connectivity index (χ1n) is 8.79. The number of likely N-dealkylation sites (N-methyl/N-ethyl adjacent to an activating group) is 1. The zero-order chi connectivity index (χ0) is 17.7. The first-order valence-corrected chi connectivity index (χ1v) is 8.79. The third-order valence-corrected chi connectivity index (χ3v) is 4.57. The lowest BCUT2D eigenvalue weighted by molar-refractivity contribution is -0.124. The third-order valence-electron chi connectivity index (χ3n) is 4.57. The zero-order valence-electron chi connectivity index (χ0n) is 15.4. The number of hydrogen-bond donors (Lipinski definition) is 1. The summed E-state index contributed by atoms with van der Waals surface area (Å²) in [4.78, 5) is 19.0. The Balaban J connectivity index is 2.11. The van der Waals surface area contributed by atoms with Gasteiger partial charge in [-0.15, -0.1) is 0 Å². The van der Waals surface area contributed by atoms with Gasteiger partial charge in [-0.3, -0.25) is 9.69 Å². The van der Waals surface area contributed by atoms with Crippen LogP contribution in [0.15, 0.2) is 4.52 Å². The van der Waals surface area contributed by atoms with Gasteiger partial charge in [0, 0.05) is 25.2 Å². The molecule has 1 aromatic rings. The molecule has 1 aliphatic rings. The molecule has 1 fully saturated rings. The van der Waals surface area contributed by atoms with Crippen LogP contribution in [0, 0.1) is 5.92 Å². The lowest BCUT2D eigenvalue weighted by Crippen LogP contribution is -2.42. The van der Waals surface area contributed by atoms with E-state index in [0.717, 1.165) is 12.8 Å². The molecule has 0 aromatic carbocycles. The molecule has 7 nitrogen and oxygen atoms in total. The van der Waals surface area contributed by atoms with Gasteiger partial charge in [-0.1, -0.05) is 19.0 Å². The van der Waals surface area contributed by atoms with E-state index in [1.165, 1.54) is 0 Å². The van der Waals surface area contributed by atoms with E-state index >= 15 is 0 Å². The van der Waals surface area contributed by atoms with Gasteiger partial charge in [0.05, 0.1) is 6.54 Å². The summed E-state index contributed by atoms with van der Waals surface area (Å²) >= 11 is 0. The lowest BCUT2D eigenvalue weighted by atomic mass is 9.91. The second kappa shape index (κ2) is 8.58. The van der Waals surface area contributed by atoms with Crippen LogP contribution in [0.5, 0.6) is 0 Å². The molecule has 0 aliphatic carbocycles. The van der Waals surface area contributed by atoms with Crippen LogP contribution in [0.25, 0.3) is 0 Å². The predicted octanol–water partition coefficient (Wildman–Crippen LogP) is 2.12. The predicted molar refractivity (Wildman–Crippen MR) is 90.6 cm³/mol. The van der Waals surface area contributed by atoms with Gasteiger partial charge in [0.25, 0.3) is 0 Å². The van der Waals surface area contributed by atoms with Gasteiger partial charge in [0.15, 0.2) is 5.82 Å². The Bertz CT molecular complexity index is 524. The van der Waals surface area contributed by atoms with Crippen molar-refractivity contribution in [2.75, 3.05) is 26.8 Å². The molecule has 2 heterocycles. The van der Waals surface area contributed by atoms with Crippen molar-refractivity contribution in [3.63, 3.8) is 0 Å². The summed E-state index contributed by atoms with van der Waals surface area (Å²) in [5.74, 6) is 1.61. The van der Waals surface area contributed by atoms with Crippen LogP contribution >= 0.6 is 0 Å². The van der Waals surface area contributed by atoms with Crippen molar-refractivity contribution >= 4 is 5.91 Å². The fourth-order valence-corrected chi connectivity index (χ4v) is 2.67. The molecular weight excluding hydrogens is 308 g/mol. The molecule has 0 unspecified atom stereocenters. The molecule has 1 saturated heterocycles. The van der Waals surface area contributed by atoms with E-state index in [1.807, 2.05) is 25.8 Å². The monoisotopic (exact) mass is 338 g/mol. The van der Waals surface area contributed by atoms with E-state index in [2.05, 4.69) is 29.3 Å². The van der Waals surface area contributed by atoms with Crippen LogP contribution in [0.1, 0.15) is 64.2 Å². The molecule has 1 aliphatic heterocycles. The van der Waals surface area contributed by atoms with Crippen molar-refractivity contribution in [3.8, 4) is 0 Å². The molecule has 0 saturated carbocycles. The van der Waals surface area contributed by atoms with Crippen molar-refractivity contribution in [2.45, 2.75) is 58.5 Å². The van der Waals surface area contributed by atoms with E-state index in [1.54, 1.807) is 0 Å². The number of nitrogens with one attached hydrogen (secondary N) is 1. The average molecular weight is 338 g/mol. The maximum absolute atomic E-state index is 12.5. The van der Waals surface area contributed by atoms with Gasteiger partial charge in [-0.2, -0.15) is 4.98 Å². The quantitative estimate of drug-likeness (QED) is 0.820. The molecule has 1 amide bonds. The van der Waals surface area contributed by atoms with Crippen molar-refractivity contribution in [1.82, 2.24) is 20.4 Å². The van der Waals surface area contributed by atoms with Gasteiger partial charge < -0.3 is 14.6 Å². The topological polar surface area (TPSA) is 80.5 Å². The van der Waals surface area contributed by atoms with Gasteiger partial charge in [-0.05, 0) is 39.7 Å². The molecule has 1 N–H and O–H groups in total. The van der Waals surface area contributed by atoms with Crippen molar-refractivity contribution in [2.24, 2.45) is 5.92 Å². The molecule has 7 heteroatoms. The van der Waals surface area contributed by atoms with E-state index in [-0.39, 0.29) is 23.8 Å². The van der Waals surface area contributed by atoms with E-state index in [0.29, 0.717) is 37.5 Å². The summed E-state index contributed by atoms with van der Waals surface area (Å²) in [6, 6.07) is 0.0650. The second-order valence-corrected chi connectivity index (χ2v) is 7.15. The highest BCUT2D eigenvalue weighted by Gasteiger charge is 2.31. The number of nitrogens with zero attached hydrogens (tertiary/aromatic N) is 3. The molecule has 24 heavy (non-hydrogen) atoms. The smallest absolute Gasteiger partial charge is 0.249 e. The number of aromatic nitrogens is 2. The highest BCUT2D eigenvalue weighted by atomic mass is 16.5. The molecule has 0 radical (unpaired) electrons. The van der Waals surface area contributed by atoms with Crippen LogP contribution in [0.4, 0.5) is 0 Å². The largest absolute Gasteiger partial charge is 0.381 e. The Morgan fingerprint density at radius 1 is 1.29 bits per heavy atom. The first-order chi connectivity index (χ1) is 11.4. The number of rotatable bonds is 7. The minimum atomic E-state index is -0.248. The summed E-state index contributed by atoms with van der Waals surface area (Å²) < 4.78 is 10.9. The second-order valence-electron chi connectivity index (χ2n) is 7.15. The summed E-state index contributed by atoms with van der Waals surface area (Å²) in [6.07, 6.45) is 1.76. The number of ether oxygens (including phenoxy) is 1. The van der Waals surface area contributed by atoms with Crippen molar-refractivity contribution in [1.29, 1.82) is 0 Å². The van der Waals surface area contributed by atoms with Crippen LogP contribution < -0.4 is 5.32 Å². The highest BCUT2D eigenvalue weighted by molar-refractivity contribution is 5.78. The Labute approximate surface area is 144 Å². The average Bonchev–Trinajstić information content (AvgIpc) is 3.03. The molecule has 1 atom stereocenters. The van der Waals surface area contributed by atoms with Crippen LogP contribution in [-0.4, -0.2) is 53.8 Å². The third kappa shape index (κ3) is 5.01. The normalized spacial score (nSPS) is 17.7. The van der Waals surface area contributed by atoms with E-state index in [4.69, 9.17) is 9.26 Å². The van der Waals surface area contributed by atoms with Gasteiger partial charge in [0.1, 0.15) is 6.04 Å². The number of carbonyl (C=O) groups excluding carboxylic acids is 1. The SMILES string of the molecule is CC(C)c1noc([C@H](NC(=O)CN(C)C(C)C)C2CCOCC2)n1. The zero-order valence-corrected chi connectivity index (χ0v) is 15.4. The Morgan fingerprint density at radius 3 is 2.50 bits per heavy atom. The molecular formula is C17H30N4O3. The standard InChI is InChI=1S/C17H30N4O3/c1-11(2)16-19-17(24-20-16)15(13-6-8-23-9-7-13)18-14(22)10-21(5)12(3)4/h11-13,15H,6-10H2,1-5H3,(H,18,22)/t15-/m1/s1. The maximum atomic E-state index is 12.5. The van der Waals surface area contributed by atoms with Gasteiger partial charge in [0.2, 0.25) is 11.8 Å². The summed E-state index contributed by atoms with van der Waals surface area (Å²) in [5.41, 5.74) is 0. The van der Waals surface area contributed by atoms with Gasteiger partial charge >= 0.3 is 0 Å². The molecule has 0 bridgehead atoms. The summed E-state index contributed by atoms with van der Waals surface area (Å²) in [6.45, 7) is 9.93. The number of carbonyl (C=O) groups is 1. The lowest BCUT2D eigenvalue weighted by Gasteiger charge is -2.29. The van der Waals surface area contributed by atoms with Crippen LogP contribution in [0.2, 0.25) is 0 Å². The number of amides is 1. The fraction of sp³-hybridized carbons (Fsp3) is 0.824. The number of hydrogen-bond acceptors (Lipinski definition) is 6. The Morgan fingerprint density at radius 2 is 1.96 bits per heavy atom. The first kappa shape index (κ1) is 18.9. The van der Waals surface area contributed by atoms with E-state index < -0.39 is 0 Å². The van der Waals surface area contributed by atoms with E-state index in [9.17, 15) is 4.79 Å². The van der Waals surface area contributed by atoms with Crippen LogP contribution in [-0.2, 0) is 9.53 Å². The van der Waals surface area contributed by atoms with Crippen molar-refractivity contribution < 1.29 is 14.1 Å². The Kier molecular flexibility index (Phi) is 6.74. The fourth-order valence-electron chi connectivity index (χ4n) is 2.67. The maximum Gasteiger partial charge on any atom is 0.249 e. The molecule has 1 aromatic heterocycles. The van der Waals surface area contributed by atoms with Gasteiger partial charge in [-0.25, -0.2) is 0 Å². The van der Waals surface area contributed by atoms with Crippen molar-refractivity contribution in [3.05, 3.63) is 11.7 Å².